The SMILES string of the molecule is CCCNC(c1cccc(S(C)(=O)=O)c1)c1cnnn1C. The first-order valence-electron chi connectivity index (χ1n) is 6.81. The molecule has 0 spiro atoms. The molecule has 21 heavy (non-hydrogen) atoms. The number of aromatic nitrogens is 3. The number of sulfone groups is 1. The van der Waals surface area contributed by atoms with Gasteiger partial charge in [0.25, 0.3) is 0 Å². The van der Waals surface area contributed by atoms with E-state index in [2.05, 4.69) is 22.6 Å². The van der Waals surface area contributed by atoms with Crippen molar-refractivity contribution in [2.45, 2.75) is 24.3 Å². The van der Waals surface area contributed by atoms with E-state index in [1.165, 1.54) is 6.26 Å². The van der Waals surface area contributed by atoms with Crippen LogP contribution in [-0.4, -0.2) is 36.2 Å². The maximum atomic E-state index is 11.7. The van der Waals surface area contributed by atoms with Gasteiger partial charge < -0.3 is 5.32 Å². The first-order chi connectivity index (χ1) is 9.93. The number of rotatable bonds is 6. The second kappa shape index (κ2) is 6.36. The summed E-state index contributed by atoms with van der Waals surface area (Å²) in [5.41, 5.74) is 1.78. The summed E-state index contributed by atoms with van der Waals surface area (Å²) in [7, 11) is -1.40. The first kappa shape index (κ1) is 15.7. The average molecular weight is 308 g/mol. The number of hydrogen-bond acceptors (Lipinski definition) is 5. The third-order valence-corrected chi connectivity index (χ3v) is 4.37. The normalized spacial score (nSPS) is 13.3. The zero-order chi connectivity index (χ0) is 15.5. The molecule has 0 fully saturated rings. The number of nitrogens with zero attached hydrogens (tertiary/aromatic N) is 3. The smallest absolute Gasteiger partial charge is 0.175 e. The predicted octanol–water partition coefficient (Wildman–Crippen LogP) is 1.31. The van der Waals surface area contributed by atoms with E-state index in [0.29, 0.717) is 4.90 Å². The highest BCUT2D eigenvalue weighted by Crippen LogP contribution is 2.23. The maximum absolute atomic E-state index is 11.7. The highest BCUT2D eigenvalue weighted by Gasteiger charge is 2.19. The van der Waals surface area contributed by atoms with Gasteiger partial charge in [-0.3, -0.25) is 4.68 Å². The molecule has 0 amide bonds. The minimum Gasteiger partial charge on any atom is -0.305 e. The lowest BCUT2D eigenvalue weighted by atomic mass is 10.0. The summed E-state index contributed by atoms with van der Waals surface area (Å²) in [5, 5.41) is 11.3. The Kier molecular flexibility index (Phi) is 4.74. The van der Waals surface area contributed by atoms with E-state index < -0.39 is 9.84 Å². The lowest BCUT2D eigenvalue weighted by Gasteiger charge is -2.19. The highest BCUT2D eigenvalue weighted by molar-refractivity contribution is 7.90. The van der Waals surface area contributed by atoms with Crippen LogP contribution in [0.3, 0.4) is 0 Å². The van der Waals surface area contributed by atoms with E-state index >= 15 is 0 Å². The molecule has 0 saturated heterocycles. The maximum Gasteiger partial charge on any atom is 0.175 e. The predicted molar refractivity (Wildman–Crippen MR) is 80.7 cm³/mol. The van der Waals surface area contributed by atoms with Gasteiger partial charge in [0.05, 0.1) is 22.8 Å². The van der Waals surface area contributed by atoms with Gasteiger partial charge in [-0.05, 0) is 30.7 Å². The van der Waals surface area contributed by atoms with Crippen LogP contribution < -0.4 is 5.32 Å². The number of aryl methyl sites for hydroxylation is 1. The monoisotopic (exact) mass is 308 g/mol. The minimum absolute atomic E-state index is 0.133. The summed E-state index contributed by atoms with van der Waals surface area (Å²) in [5.74, 6) is 0. The van der Waals surface area contributed by atoms with Crippen LogP contribution in [0.15, 0.2) is 35.4 Å². The minimum atomic E-state index is -3.22. The molecule has 1 N–H and O–H groups in total. The first-order valence-corrected chi connectivity index (χ1v) is 8.70. The van der Waals surface area contributed by atoms with Gasteiger partial charge in [0.2, 0.25) is 0 Å². The molecule has 0 aliphatic carbocycles. The van der Waals surface area contributed by atoms with Crippen molar-refractivity contribution in [3.05, 3.63) is 41.7 Å². The molecule has 1 atom stereocenters. The van der Waals surface area contributed by atoms with Crippen LogP contribution in [0.4, 0.5) is 0 Å². The molecule has 2 aromatic rings. The molecule has 0 aliphatic rings. The Hall–Kier alpha value is -1.73. The van der Waals surface area contributed by atoms with Gasteiger partial charge in [-0.15, -0.1) is 5.10 Å². The molecule has 0 saturated carbocycles. The Labute approximate surface area is 125 Å². The second-order valence-electron chi connectivity index (χ2n) is 5.01. The average Bonchev–Trinajstić information content (AvgIpc) is 2.85. The van der Waals surface area contributed by atoms with Crippen LogP contribution in [0.1, 0.15) is 30.6 Å². The molecule has 6 nitrogen and oxygen atoms in total. The van der Waals surface area contributed by atoms with E-state index in [1.807, 2.05) is 13.1 Å². The Bertz CT molecular complexity index is 709. The van der Waals surface area contributed by atoms with Crippen LogP contribution in [0.2, 0.25) is 0 Å². The van der Waals surface area contributed by atoms with Gasteiger partial charge in [0.1, 0.15) is 0 Å². The standard InChI is InChI=1S/C14H20N4O2S/c1-4-8-15-14(13-10-16-17-18(13)2)11-6-5-7-12(9-11)21(3,19)20/h5-7,9-10,14-15H,4,8H2,1-3H3. The van der Waals surface area contributed by atoms with E-state index in [4.69, 9.17) is 0 Å². The quantitative estimate of drug-likeness (QED) is 0.870. The highest BCUT2D eigenvalue weighted by atomic mass is 32.2. The van der Waals surface area contributed by atoms with Gasteiger partial charge in [-0.1, -0.05) is 24.3 Å². The summed E-state index contributed by atoms with van der Waals surface area (Å²) in [6, 6.07) is 6.85. The van der Waals surface area contributed by atoms with Gasteiger partial charge in [-0.2, -0.15) is 0 Å². The number of nitrogens with one attached hydrogen (secondary N) is 1. The largest absolute Gasteiger partial charge is 0.305 e. The summed E-state index contributed by atoms with van der Waals surface area (Å²) in [6.07, 6.45) is 3.89. The third-order valence-electron chi connectivity index (χ3n) is 3.26. The van der Waals surface area contributed by atoms with E-state index in [0.717, 1.165) is 24.2 Å². The van der Waals surface area contributed by atoms with E-state index in [9.17, 15) is 8.42 Å². The molecule has 1 heterocycles. The fraction of sp³-hybridized carbons (Fsp3) is 0.429. The molecular formula is C14H20N4O2S. The van der Waals surface area contributed by atoms with Gasteiger partial charge in [0.15, 0.2) is 9.84 Å². The van der Waals surface area contributed by atoms with Gasteiger partial charge >= 0.3 is 0 Å². The summed E-state index contributed by atoms with van der Waals surface area (Å²) in [4.78, 5) is 0.318. The zero-order valence-corrected chi connectivity index (χ0v) is 13.3. The Morgan fingerprint density at radius 1 is 1.38 bits per heavy atom. The number of hydrogen-bond donors (Lipinski definition) is 1. The van der Waals surface area contributed by atoms with Crippen molar-refractivity contribution in [3.63, 3.8) is 0 Å². The van der Waals surface area contributed by atoms with E-state index in [1.54, 1.807) is 29.1 Å². The fourth-order valence-corrected chi connectivity index (χ4v) is 2.84. The second-order valence-corrected chi connectivity index (χ2v) is 7.03. The Balaban J connectivity index is 2.44. The molecule has 1 aromatic heterocycles. The molecular weight excluding hydrogens is 288 g/mol. The molecule has 0 aliphatic heterocycles. The van der Waals surface area contributed by atoms with Crippen molar-refractivity contribution in [1.29, 1.82) is 0 Å². The molecule has 0 radical (unpaired) electrons. The van der Waals surface area contributed by atoms with Crippen molar-refractivity contribution >= 4 is 9.84 Å². The molecule has 0 bridgehead atoms. The van der Waals surface area contributed by atoms with Crippen LogP contribution in [0.25, 0.3) is 0 Å². The van der Waals surface area contributed by atoms with Crippen molar-refractivity contribution in [1.82, 2.24) is 20.3 Å². The van der Waals surface area contributed by atoms with Crippen LogP contribution >= 0.6 is 0 Å². The van der Waals surface area contributed by atoms with Crippen LogP contribution in [-0.2, 0) is 16.9 Å². The Morgan fingerprint density at radius 3 is 2.71 bits per heavy atom. The summed E-state index contributed by atoms with van der Waals surface area (Å²) in [6.45, 7) is 2.90. The molecule has 1 unspecified atom stereocenters. The van der Waals surface area contributed by atoms with Crippen molar-refractivity contribution in [3.8, 4) is 0 Å². The number of benzene rings is 1. The Morgan fingerprint density at radius 2 is 2.14 bits per heavy atom. The van der Waals surface area contributed by atoms with E-state index in [-0.39, 0.29) is 6.04 Å². The molecule has 1 aromatic carbocycles. The van der Waals surface area contributed by atoms with Crippen molar-refractivity contribution in [2.24, 2.45) is 7.05 Å². The van der Waals surface area contributed by atoms with Gasteiger partial charge in [-0.25, -0.2) is 8.42 Å². The topological polar surface area (TPSA) is 76.9 Å². The lowest BCUT2D eigenvalue weighted by Crippen LogP contribution is -2.25. The van der Waals surface area contributed by atoms with Crippen LogP contribution in [0, 0.1) is 0 Å². The molecule has 2 rings (SSSR count). The van der Waals surface area contributed by atoms with Gasteiger partial charge in [0, 0.05) is 13.3 Å². The zero-order valence-electron chi connectivity index (χ0n) is 12.4. The summed E-state index contributed by atoms with van der Waals surface area (Å²) < 4.78 is 25.1. The van der Waals surface area contributed by atoms with Crippen molar-refractivity contribution < 1.29 is 8.42 Å². The lowest BCUT2D eigenvalue weighted by molar-refractivity contribution is 0.549. The fourth-order valence-electron chi connectivity index (χ4n) is 2.17. The molecule has 7 heteroatoms. The summed E-state index contributed by atoms with van der Waals surface area (Å²) >= 11 is 0. The molecule has 114 valence electrons. The van der Waals surface area contributed by atoms with Crippen molar-refractivity contribution in [2.75, 3.05) is 12.8 Å². The third kappa shape index (κ3) is 3.68. The van der Waals surface area contributed by atoms with Crippen LogP contribution in [0.5, 0.6) is 0 Å².